The molecule has 2 rings (SSSR count). The lowest BCUT2D eigenvalue weighted by molar-refractivity contribution is 0.810. The SMILES string of the molecule is CNc1nc(-c2cc(Br)c(C)s2)nc(C(C)C)c1I. The van der Waals surface area contributed by atoms with E-state index in [1.165, 1.54) is 4.88 Å². The standard InChI is InChI=1S/C13H15BrIN3S/c1-6(2)11-10(15)13(16-4)18-12(17-11)9-5-8(14)7(3)19-9/h5-6H,1-4H3,(H,16,17,18). The molecule has 0 aromatic carbocycles. The van der Waals surface area contributed by atoms with Gasteiger partial charge in [-0.05, 0) is 57.4 Å². The van der Waals surface area contributed by atoms with Gasteiger partial charge in [0.15, 0.2) is 5.82 Å². The van der Waals surface area contributed by atoms with Crippen LogP contribution in [0.15, 0.2) is 10.5 Å². The minimum Gasteiger partial charge on any atom is -0.372 e. The number of rotatable bonds is 3. The van der Waals surface area contributed by atoms with Crippen LogP contribution in [-0.2, 0) is 0 Å². The highest BCUT2D eigenvalue weighted by molar-refractivity contribution is 14.1. The summed E-state index contributed by atoms with van der Waals surface area (Å²) in [6, 6.07) is 2.09. The molecule has 0 unspecified atom stereocenters. The molecule has 0 amide bonds. The number of hydrogen-bond donors (Lipinski definition) is 1. The molecule has 0 fully saturated rings. The van der Waals surface area contributed by atoms with Gasteiger partial charge < -0.3 is 5.32 Å². The number of nitrogens with zero attached hydrogens (tertiary/aromatic N) is 2. The maximum absolute atomic E-state index is 4.74. The van der Waals surface area contributed by atoms with Gasteiger partial charge in [0, 0.05) is 16.4 Å². The predicted molar refractivity (Wildman–Crippen MR) is 94.1 cm³/mol. The molecule has 6 heteroatoms. The lowest BCUT2D eigenvalue weighted by Crippen LogP contribution is -2.06. The maximum Gasteiger partial charge on any atom is 0.171 e. The van der Waals surface area contributed by atoms with E-state index in [1.54, 1.807) is 11.3 Å². The van der Waals surface area contributed by atoms with Crippen LogP contribution in [0.1, 0.15) is 30.3 Å². The van der Waals surface area contributed by atoms with Gasteiger partial charge in [0.25, 0.3) is 0 Å². The lowest BCUT2D eigenvalue weighted by atomic mass is 10.1. The van der Waals surface area contributed by atoms with Crippen LogP contribution in [-0.4, -0.2) is 17.0 Å². The van der Waals surface area contributed by atoms with Crippen LogP contribution in [0, 0.1) is 10.5 Å². The summed E-state index contributed by atoms with van der Waals surface area (Å²) in [7, 11) is 1.90. The summed E-state index contributed by atoms with van der Waals surface area (Å²) in [6.45, 7) is 6.40. The van der Waals surface area contributed by atoms with Gasteiger partial charge in [0.2, 0.25) is 0 Å². The van der Waals surface area contributed by atoms with Crippen molar-refractivity contribution in [1.29, 1.82) is 0 Å². The predicted octanol–water partition coefficient (Wildman–Crippen LogP) is 5.05. The van der Waals surface area contributed by atoms with E-state index in [4.69, 9.17) is 4.98 Å². The normalized spacial score (nSPS) is 11.1. The van der Waals surface area contributed by atoms with Crippen LogP contribution in [0.3, 0.4) is 0 Å². The number of thiophene rings is 1. The average Bonchev–Trinajstić information content (AvgIpc) is 2.69. The fraction of sp³-hybridized carbons (Fsp3) is 0.385. The number of anilines is 1. The lowest BCUT2D eigenvalue weighted by Gasteiger charge is -2.12. The molecular formula is C13H15BrIN3S. The second-order valence-electron chi connectivity index (χ2n) is 4.51. The van der Waals surface area contributed by atoms with Crippen molar-refractivity contribution in [3.8, 4) is 10.7 Å². The molecule has 3 nitrogen and oxygen atoms in total. The van der Waals surface area contributed by atoms with Crippen LogP contribution in [0.4, 0.5) is 5.82 Å². The van der Waals surface area contributed by atoms with Crippen molar-refractivity contribution in [2.24, 2.45) is 0 Å². The molecular weight excluding hydrogens is 437 g/mol. The highest BCUT2D eigenvalue weighted by Gasteiger charge is 2.16. The Balaban J connectivity index is 2.60. The van der Waals surface area contributed by atoms with Gasteiger partial charge in [0.05, 0.1) is 14.1 Å². The van der Waals surface area contributed by atoms with Crippen molar-refractivity contribution < 1.29 is 0 Å². The van der Waals surface area contributed by atoms with Crippen LogP contribution in [0.25, 0.3) is 10.7 Å². The monoisotopic (exact) mass is 451 g/mol. The number of aromatic nitrogens is 2. The molecule has 2 aromatic heterocycles. The van der Waals surface area contributed by atoms with E-state index in [-0.39, 0.29) is 0 Å². The third kappa shape index (κ3) is 3.11. The molecule has 0 aliphatic rings. The van der Waals surface area contributed by atoms with Crippen molar-refractivity contribution in [3.05, 3.63) is 24.7 Å². The smallest absolute Gasteiger partial charge is 0.171 e. The number of aryl methyl sites for hydroxylation is 1. The van der Waals surface area contributed by atoms with Crippen molar-refractivity contribution in [1.82, 2.24) is 9.97 Å². The molecule has 0 aliphatic carbocycles. The molecule has 0 radical (unpaired) electrons. The molecule has 0 aliphatic heterocycles. The highest BCUT2D eigenvalue weighted by atomic mass is 127. The van der Waals surface area contributed by atoms with Crippen LogP contribution in [0.5, 0.6) is 0 Å². The summed E-state index contributed by atoms with van der Waals surface area (Å²) in [5.74, 6) is 2.08. The third-order valence-electron chi connectivity index (χ3n) is 2.74. The Morgan fingerprint density at radius 1 is 1.37 bits per heavy atom. The molecule has 1 N–H and O–H groups in total. The fourth-order valence-corrected chi connectivity index (χ4v) is 4.30. The molecule has 0 saturated heterocycles. The van der Waals surface area contributed by atoms with E-state index in [1.807, 2.05) is 7.05 Å². The van der Waals surface area contributed by atoms with Crippen molar-refractivity contribution in [3.63, 3.8) is 0 Å². The highest BCUT2D eigenvalue weighted by Crippen LogP contribution is 2.34. The molecule has 19 heavy (non-hydrogen) atoms. The Bertz CT molecular complexity index is 591. The molecule has 0 spiro atoms. The molecule has 2 heterocycles. The Labute approximate surface area is 139 Å². The first-order chi connectivity index (χ1) is 8.93. The minimum absolute atomic E-state index is 0.380. The molecule has 0 atom stereocenters. The van der Waals surface area contributed by atoms with Gasteiger partial charge in [0.1, 0.15) is 5.82 Å². The van der Waals surface area contributed by atoms with Crippen LogP contribution >= 0.6 is 49.9 Å². The van der Waals surface area contributed by atoms with Gasteiger partial charge in [-0.1, -0.05) is 13.8 Å². The number of hydrogen-bond acceptors (Lipinski definition) is 4. The Hall–Kier alpha value is -0.210. The van der Waals surface area contributed by atoms with Gasteiger partial charge in [-0.25, -0.2) is 9.97 Å². The van der Waals surface area contributed by atoms with E-state index in [9.17, 15) is 0 Å². The molecule has 2 aromatic rings. The van der Waals surface area contributed by atoms with E-state index < -0.39 is 0 Å². The zero-order valence-electron chi connectivity index (χ0n) is 11.2. The second kappa shape index (κ2) is 6.05. The van der Waals surface area contributed by atoms with Crippen LogP contribution in [0.2, 0.25) is 0 Å². The fourth-order valence-electron chi connectivity index (χ4n) is 1.69. The van der Waals surface area contributed by atoms with Gasteiger partial charge >= 0.3 is 0 Å². The second-order valence-corrected chi connectivity index (χ2v) is 7.70. The van der Waals surface area contributed by atoms with Crippen molar-refractivity contribution in [2.75, 3.05) is 12.4 Å². The third-order valence-corrected chi connectivity index (χ3v) is 5.93. The summed E-state index contributed by atoms with van der Waals surface area (Å²) in [5, 5.41) is 3.16. The first-order valence-electron chi connectivity index (χ1n) is 5.95. The van der Waals surface area contributed by atoms with E-state index in [0.717, 1.165) is 30.3 Å². The average molecular weight is 452 g/mol. The van der Waals surface area contributed by atoms with Gasteiger partial charge in [-0.3, -0.25) is 0 Å². The molecule has 102 valence electrons. The van der Waals surface area contributed by atoms with Crippen molar-refractivity contribution in [2.45, 2.75) is 26.7 Å². The molecule has 0 saturated carbocycles. The molecule has 0 bridgehead atoms. The Kier molecular flexibility index (Phi) is 4.84. The van der Waals surface area contributed by atoms with E-state index in [0.29, 0.717) is 5.92 Å². The summed E-state index contributed by atoms with van der Waals surface area (Å²) >= 11 is 7.57. The number of nitrogens with one attached hydrogen (secondary N) is 1. The summed E-state index contributed by atoms with van der Waals surface area (Å²) in [6.07, 6.45) is 0. The first-order valence-corrected chi connectivity index (χ1v) is 8.64. The first kappa shape index (κ1) is 15.2. The maximum atomic E-state index is 4.74. The van der Waals surface area contributed by atoms with Crippen molar-refractivity contribution >= 4 is 55.7 Å². The summed E-state index contributed by atoms with van der Waals surface area (Å²) in [5.41, 5.74) is 1.09. The summed E-state index contributed by atoms with van der Waals surface area (Å²) in [4.78, 5) is 11.7. The zero-order valence-corrected chi connectivity index (χ0v) is 15.8. The minimum atomic E-state index is 0.380. The Morgan fingerprint density at radius 2 is 2.05 bits per heavy atom. The summed E-state index contributed by atoms with van der Waals surface area (Å²) < 4.78 is 2.22. The Morgan fingerprint density at radius 3 is 2.53 bits per heavy atom. The topological polar surface area (TPSA) is 37.8 Å². The zero-order chi connectivity index (χ0) is 14.2. The van der Waals surface area contributed by atoms with Gasteiger partial charge in [-0.2, -0.15) is 0 Å². The largest absolute Gasteiger partial charge is 0.372 e. The van der Waals surface area contributed by atoms with Gasteiger partial charge in [-0.15, -0.1) is 11.3 Å². The van der Waals surface area contributed by atoms with Crippen LogP contribution < -0.4 is 5.32 Å². The number of halogens is 2. The van der Waals surface area contributed by atoms with E-state index >= 15 is 0 Å². The quantitative estimate of drug-likeness (QED) is 0.663. The van der Waals surface area contributed by atoms with E-state index in [2.05, 4.69) is 75.7 Å².